The predicted octanol–water partition coefficient (Wildman–Crippen LogP) is 4.77. The Morgan fingerprint density at radius 3 is 2.52 bits per heavy atom. The van der Waals surface area contributed by atoms with Crippen LogP contribution in [0.5, 0.6) is 0 Å². The average molecular weight is 385 g/mol. The monoisotopic (exact) mass is 385 g/mol. The van der Waals surface area contributed by atoms with Crippen LogP contribution in [0.2, 0.25) is 0 Å². The zero-order valence-corrected chi connectivity index (χ0v) is 16.6. The number of hydrogen-bond donors (Lipinski definition) is 0. The van der Waals surface area contributed by atoms with E-state index in [1.165, 1.54) is 5.56 Å². The molecule has 0 atom stereocenters. The molecule has 5 nitrogen and oxygen atoms in total. The summed E-state index contributed by atoms with van der Waals surface area (Å²) in [5, 5.41) is 0. The number of aromatic nitrogens is 2. The molecule has 0 saturated carbocycles. The smallest absolute Gasteiger partial charge is 0.270 e. The van der Waals surface area contributed by atoms with Crippen LogP contribution in [0.4, 0.5) is 0 Å². The van der Waals surface area contributed by atoms with Crippen molar-refractivity contribution in [1.82, 2.24) is 14.5 Å². The summed E-state index contributed by atoms with van der Waals surface area (Å²) in [6.07, 6.45) is 7.17. The summed E-state index contributed by atoms with van der Waals surface area (Å²) in [4.78, 5) is 19.0. The lowest BCUT2D eigenvalue weighted by atomic mass is 10.1. The lowest BCUT2D eigenvalue weighted by Crippen LogP contribution is -2.28. The van der Waals surface area contributed by atoms with Gasteiger partial charge in [0, 0.05) is 37.7 Å². The molecule has 0 bridgehead atoms. The molecule has 0 aliphatic rings. The van der Waals surface area contributed by atoms with E-state index < -0.39 is 0 Å². The maximum atomic E-state index is 13.2. The zero-order chi connectivity index (χ0) is 20.2. The summed E-state index contributed by atoms with van der Waals surface area (Å²) >= 11 is 0. The van der Waals surface area contributed by atoms with Crippen LogP contribution >= 0.6 is 0 Å². The summed E-state index contributed by atoms with van der Waals surface area (Å²) in [7, 11) is 1.79. The maximum Gasteiger partial charge on any atom is 0.270 e. The highest BCUT2D eigenvalue weighted by Crippen LogP contribution is 2.24. The van der Waals surface area contributed by atoms with Gasteiger partial charge in [0.05, 0.1) is 12.8 Å². The van der Waals surface area contributed by atoms with Crippen LogP contribution in [0.1, 0.15) is 27.4 Å². The molecule has 0 aliphatic carbocycles. The summed E-state index contributed by atoms with van der Waals surface area (Å²) in [5.74, 6) is 0.709. The van der Waals surface area contributed by atoms with Gasteiger partial charge in [0.1, 0.15) is 11.5 Å². The van der Waals surface area contributed by atoms with Crippen molar-refractivity contribution in [2.75, 3.05) is 7.05 Å². The van der Waals surface area contributed by atoms with Gasteiger partial charge in [-0.3, -0.25) is 9.78 Å². The van der Waals surface area contributed by atoms with Crippen molar-refractivity contribution in [2.24, 2.45) is 0 Å². The Morgan fingerprint density at radius 1 is 1.07 bits per heavy atom. The van der Waals surface area contributed by atoms with Gasteiger partial charge in [0.25, 0.3) is 5.91 Å². The topological polar surface area (TPSA) is 51.3 Å². The molecular weight excluding hydrogens is 362 g/mol. The van der Waals surface area contributed by atoms with Gasteiger partial charge in [-0.25, -0.2) is 0 Å². The lowest BCUT2D eigenvalue weighted by Gasteiger charge is -2.17. The van der Waals surface area contributed by atoms with E-state index in [1.807, 2.05) is 41.1 Å². The van der Waals surface area contributed by atoms with Gasteiger partial charge < -0.3 is 13.9 Å². The van der Waals surface area contributed by atoms with Crippen molar-refractivity contribution in [2.45, 2.75) is 20.0 Å². The van der Waals surface area contributed by atoms with E-state index in [-0.39, 0.29) is 5.91 Å². The molecule has 29 heavy (non-hydrogen) atoms. The van der Waals surface area contributed by atoms with Crippen molar-refractivity contribution < 1.29 is 9.21 Å². The molecule has 4 aromatic rings. The van der Waals surface area contributed by atoms with Crippen LogP contribution in [-0.2, 0) is 13.1 Å². The SMILES string of the molecule is Cc1ccc(Cn2cc(-c3ccncc3)cc2C(=O)N(C)Cc2ccco2)cc1. The van der Waals surface area contributed by atoms with Gasteiger partial charge >= 0.3 is 0 Å². The van der Waals surface area contributed by atoms with Gasteiger partial charge in [-0.15, -0.1) is 0 Å². The molecule has 4 rings (SSSR count). The van der Waals surface area contributed by atoms with Crippen LogP contribution in [0, 0.1) is 6.92 Å². The number of benzene rings is 1. The highest BCUT2D eigenvalue weighted by Gasteiger charge is 2.19. The highest BCUT2D eigenvalue weighted by molar-refractivity contribution is 5.94. The summed E-state index contributed by atoms with van der Waals surface area (Å²) < 4.78 is 7.41. The van der Waals surface area contributed by atoms with Crippen LogP contribution in [-0.4, -0.2) is 27.4 Å². The number of pyridine rings is 1. The molecule has 1 aromatic carbocycles. The number of carbonyl (C=O) groups excluding carboxylic acids is 1. The van der Waals surface area contributed by atoms with Gasteiger partial charge in [-0.05, 0) is 48.4 Å². The molecule has 3 heterocycles. The minimum atomic E-state index is -0.0474. The van der Waals surface area contributed by atoms with Crippen LogP contribution < -0.4 is 0 Å². The first-order valence-electron chi connectivity index (χ1n) is 9.54. The van der Waals surface area contributed by atoms with Gasteiger partial charge in [-0.2, -0.15) is 0 Å². The fourth-order valence-corrected chi connectivity index (χ4v) is 3.32. The number of rotatable bonds is 6. The third-order valence-electron chi connectivity index (χ3n) is 4.92. The number of carbonyl (C=O) groups is 1. The van der Waals surface area contributed by atoms with Crippen LogP contribution in [0.15, 0.2) is 83.9 Å². The number of amides is 1. The first-order valence-corrected chi connectivity index (χ1v) is 9.54. The van der Waals surface area contributed by atoms with Gasteiger partial charge in [-0.1, -0.05) is 29.8 Å². The Hall–Kier alpha value is -3.60. The molecule has 0 spiro atoms. The van der Waals surface area contributed by atoms with Crippen molar-refractivity contribution in [3.8, 4) is 11.1 Å². The first kappa shape index (κ1) is 18.7. The fourth-order valence-electron chi connectivity index (χ4n) is 3.32. The molecule has 0 saturated heterocycles. The Morgan fingerprint density at radius 2 is 1.83 bits per heavy atom. The van der Waals surface area contributed by atoms with Gasteiger partial charge in [0.2, 0.25) is 0 Å². The number of hydrogen-bond acceptors (Lipinski definition) is 3. The summed E-state index contributed by atoms with van der Waals surface area (Å²) in [5.41, 5.74) is 5.04. The molecule has 3 aromatic heterocycles. The van der Waals surface area contributed by atoms with E-state index in [2.05, 4.69) is 36.2 Å². The van der Waals surface area contributed by atoms with E-state index in [9.17, 15) is 4.79 Å². The fraction of sp³-hybridized carbons (Fsp3) is 0.167. The van der Waals surface area contributed by atoms with Crippen molar-refractivity contribution in [3.05, 3.63) is 102 Å². The molecule has 5 heteroatoms. The van der Waals surface area contributed by atoms with E-state index >= 15 is 0 Å². The number of furan rings is 1. The van der Waals surface area contributed by atoms with Crippen molar-refractivity contribution in [3.63, 3.8) is 0 Å². The second-order valence-electron chi connectivity index (χ2n) is 7.20. The standard InChI is InChI=1S/C24H23N3O2/c1-18-5-7-19(8-6-18)15-27-16-21(20-9-11-25-12-10-20)14-23(27)24(28)26(2)17-22-4-3-13-29-22/h3-14,16H,15,17H2,1-2H3. The highest BCUT2D eigenvalue weighted by atomic mass is 16.3. The normalized spacial score (nSPS) is 10.8. The molecular formula is C24H23N3O2. The number of aryl methyl sites for hydroxylation is 1. The van der Waals surface area contributed by atoms with Gasteiger partial charge in [0.15, 0.2) is 0 Å². The molecule has 146 valence electrons. The van der Waals surface area contributed by atoms with Crippen molar-refractivity contribution >= 4 is 5.91 Å². The molecule has 0 aliphatic heterocycles. The lowest BCUT2D eigenvalue weighted by molar-refractivity contribution is 0.0765. The van der Waals surface area contributed by atoms with E-state index in [0.29, 0.717) is 18.8 Å². The minimum absolute atomic E-state index is 0.0474. The second kappa shape index (κ2) is 8.19. The van der Waals surface area contributed by atoms with E-state index in [0.717, 1.165) is 22.5 Å². The Bertz CT molecular complexity index is 1080. The minimum Gasteiger partial charge on any atom is -0.467 e. The largest absolute Gasteiger partial charge is 0.467 e. The molecule has 0 radical (unpaired) electrons. The zero-order valence-electron chi connectivity index (χ0n) is 16.6. The third kappa shape index (κ3) is 4.29. The molecule has 0 unspecified atom stereocenters. The van der Waals surface area contributed by atoms with Crippen LogP contribution in [0.25, 0.3) is 11.1 Å². The molecule has 0 fully saturated rings. The quantitative estimate of drug-likeness (QED) is 0.480. The third-order valence-corrected chi connectivity index (χ3v) is 4.92. The van der Waals surface area contributed by atoms with Crippen LogP contribution in [0.3, 0.4) is 0 Å². The Balaban J connectivity index is 1.67. The number of nitrogens with zero attached hydrogens (tertiary/aromatic N) is 3. The Kier molecular flexibility index (Phi) is 5.29. The summed E-state index contributed by atoms with van der Waals surface area (Å²) in [6, 6.07) is 17.9. The average Bonchev–Trinajstić information content (AvgIpc) is 3.40. The summed E-state index contributed by atoms with van der Waals surface area (Å²) in [6.45, 7) is 3.12. The van der Waals surface area contributed by atoms with Crippen molar-refractivity contribution in [1.29, 1.82) is 0 Å². The van der Waals surface area contributed by atoms with E-state index in [4.69, 9.17) is 4.42 Å². The first-order chi connectivity index (χ1) is 14.1. The van der Waals surface area contributed by atoms with E-state index in [1.54, 1.807) is 30.6 Å². The predicted molar refractivity (Wildman–Crippen MR) is 112 cm³/mol. The Labute approximate surface area is 170 Å². The molecule has 1 amide bonds. The molecule has 0 N–H and O–H groups in total. The second-order valence-corrected chi connectivity index (χ2v) is 7.20. The maximum absolute atomic E-state index is 13.2.